The van der Waals surface area contributed by atoms with Gasteiger partial charge in [-0.25, -0.2) is 0 Å². The summed E-state index contributed by atoms with van der Waals surface area (Å²) >= 11 is 0. The highest BCUT2D eigenvalue weighted by atomic mass is 16.3. The molecule has 0 aliphatic heterocycles. The molecular formula is C49H35NO. The van der Waals surface area contributed by atoms with Gasteiger partial charge in [0.15, 0.2) is 0 Å². The lowest BCUT2D eigenvalue weighted by Crippen LogP contribution is -2.16. The smallest absolute Gasteiger partial charge is 0.143 e. The number of benzene rings is 8. The number of anilines is 3. The molecule has 10 rings (SSSR count). The minimum Gasteiger partial charge on any atom is -0.455 e. The number of furan rings is 1. The molecule has 0 unspecified atom stereocenters. The molecule has 8 aromatic carbocycles. The first-order valence-corrected chi connectivity index (χ1v) is 15.9. The molecule has 1 heterocycles. The summed E-state index contributed by atoms with van der Waals surface area (Å²) < 4.78 is 206. The van der Waals surface area contributed by atoms with Crippen LogP contribution >= 0.6 is 0 Å². The van der Waals surface area contributed by atoms with Gasteiger partial charge >= 0.3 is 0 Å². The zero-order valence-electron chi connectivity index (χ0n) is 48.4. The van der Waals surface area contributed by atoms with Gasteiger partial charge in [0.05, 0.1) is 33.0 Å². The number of rotatable bonds is 5. The summed E-state index contributed by atoms with van der Waals surface area (Å²) in [6.07, 6.45) is 0. The maximum absolute atomic E-state index is 10.2. The Morgan fingerprint density at radius 2 is 1.25 bits per heavy atom. The Morgan fingerprint density at radius 3 is 2.08 bits per heavy atom. The Kier molecular flexibility index (Phi) is 3.30. The Hall–Kier alpha value is -6.38. The van der Waals surface area contributed by atoms with E-state index in [2.05, 4.69) is 0 Å². The third kappa shape index (κ3) is 4.57. The van der Waals surface area contributed by atoms with Crippen LogP contribution in [0.1, 0.15) is 55.0 Å². The van der Waals surface area contributed by atoms with E-state index in [0.717, 1.165) is 15.8 Å². The summed E-state index contributed by atoms with van der Waals surface area (Å²) in [6.45, 7) is -7.59. The van der Waals surface area contributed by atoms with Crippen molar-refractivity contribution in [3.8, 4) is 33.4 Å². The molecule has 0 radical (unpaired) electrons. The van der Waals surface area contributed by atoms with Gasteiger partial charge in [0.1, 0.15) is 11.2 Å². The molecule has 9 aromatic rings. The number of fused-ring (bicyclic) bond motifs is 8. The fourth-order valence-corrected chi connectivity index (χ4v) is 6.83. The van der Waals surface area contributed by atoms with Crippen LogP contribution in [0.15, 0.2) is 180 Å². The van der Waals surface area contributed by atoms with Crippen molar-refractivity contribution < 1.29 is 34.6 Å². The van der Waals surface area contributed by atoms with Gasteiger partial charge in [0.25, 0.3) is 0 Å². The minimum absolute atomic E-state index is 0.125. The van der Waals surface area contributed by atoms with E-state index in [9.17, 15) is 9.60 Å². The predicted octanol–water partition coefficient (Wildman–Crippen LogP) is 13.8. The highest BCUT2D eigenvalue weighted by molar-refractivity contribution is 6.22. The van der Waals surface area contributed by atoms with Gasteiger partial charge in [-0.1, -0.05) is 147 Å². The van der Waals surface area contributed by atoms with Crippen LogP contribution in [0, 0.1) is 0 Å². The molecule has 0 bridgehead atoms. The molecule has 1 aliphatic rings. The van der Waals surface area contributed by atoms with Crippen molar-refractivity contribution in [3.63, 3.8) is 0 Å². The highest BCUT2D eigenvalue weighted by Gasteiger charge is 2.36. The number of nitrogens with zero attached hydrogens (tertiary/aromatic N) is 1. The van der Waals surface area contributed by atoms with Crippen molar-refractivity contribution in [2.45, 2.75) is 19.1 Å². The van der Waals surface area contributed by atoms with Crippen LogP contribution in [0.5, 0.6) is 0 Å². The molecule has 1 aliphatic carbocycles. The van der Waals surface area contributed by atoms with Crippen molar-refractivity contribution >= 4 is 49.8 Å². The normalized spacial score (nSPS) is 19.7. The van der Waals surface area contributed by atoms with E-state index in [1.807, 2.05) is 48.5 Å². The molecule has 0 atom stereocenters. The van der Waals surface area contributed by atoms with E-state index in [-0.39, 0.29) is 16.7 Å². The molecule has 0 saturated carbocycles. The summed E-state index contributed by atoms with van der Waals surface area (Å²) in [4.78, 5) is 0.881. The Balaban J connectivity index is 1.43. The number of hydrogen-bond donors (Lipinski definition) is 0. The van der Waals surface area contributed by atoms with Crippen LogP contribution in [0.3, 0.4) is 0 Å². The summed E-state index contributed by atoms with van der Waals surface area (Å²) in [5.41, 5.74) is -8.29. The van der Waals surface area contributed by atoms with Gasteiger partial charge in [-0.05, 0) is 92.3 Å². The second kappa shape index (κ2) is 11.3. The molecule has 51 heavy (non-hydrogen) atoms. The van der Waals surface area contributed by atoms with Gasteiger partial charge in [0, 0.05) is 35.8 Å². The van der Waals surface area contributed by atoms with Crippen LogP contribution < -0.4 is 4.90 Å². The van der Waals surface area contributed by atoms with Crippen LogP contribution in [-0.4, -0.2) is 0 Å². The zero-order chi connectivity index (χ0) is 53.0. The second-order valence-corrected chi connectivity index (χ2v) is 12.0. The second-order valence-electron chi connectivity index (χ2n) is 12.0. The summed E-state index contributed by atoms with van der Waals surface area (Å²) in [5, 5.41) is 1.89. The molecule has 0 spiro atoms. The van der Waals surface area contributed by atoms with E-state index in [4.69, 9.17) is 25.0 Å². The summed E-state index contributed by atoms with van der Waals surface area (Å²) in [6, 6.07) is 7.60. The third-order valence-electron chi connectivity index (χ3n) is 9.10. The standard InChI is InChI=1S/C49H35NO/c1-49(2)43-21-12-11-19-38(43)39-29-28-36(30-44(39)49)50(35-26-24-33(25-27-35)32-14-5-3-6-15-32)45-22-13-23-46-47(45)42-31-41(34-16-7-4-8-17-34)37-18-9-10-20-40(37)48(42)51-46/h3-31H,1-2H3/i1D3,2D3,3D,5D,6D,11D,12D,14D,15D,19D,21D,24D,25D,26D,27D,28D,29D,30D. The first-order valence-electron chi connectivity index (χ1n) is 26.9. The predicted molar refractivity (Wildman–Crippen MR) is 214 cm³/mol. The third-order valence-corrected chi connectivity index (χ3v) is 9.10. The van der Waals surface area contributed by atoms with Crippen molar-refractivity contribution in [2.24, 2.45) is 0 Å². The Labute approximate surface area is 328 Å². The summed E-state index contributed by atoms with van der Waals surface area (Å²) in [5.74, 6) is 0. The van der Waals surface area contributed by atoms with E-state index in [1.165, 1.54) is 12.1 Å². The fraction of sp³-hybridized carbons (Fsp3) is 0.0612. The van der Waals surface area contributed by atoms with E-state index < -0.39 is 161 Å². The maximum atomic E-state index is 10.2. The molecular weight excluding hydrogens is 619 g/mol. The van der Waals surface area contributed by atoms with Crippen LogP contribution in [-0.2, 0) is 5.41 Å². The van der Waals surface area contributed by atoms with Crippen molar-refractivity contribution in [1.82, 2.24) is 0 Å². The van der Waals surface area contributed by atoms with E-state index in [1.54, 1.807) is 18.2 Å². The van der Waals surface area contributed by atoms with Gasteiger partial charge < -0.3 is 9.32 Å². The largest absolute Gasteiger partial charge is 0.455 e. The lowest BCUT2D eigenvalue weighted by Gasteiger charge is -2.29. The van der Waals surface area contributed by atoms with Gasteiger partial charge in [-0.15, -0.1) is 0 Å². The summed E-state index contributed by atoms with van der Waals surface area (Å²) in [7, 11) is 0. The highest BCUT2D eigenvalue weighted by Crippen LogP contribution is 2.52. The van der Waals surface area contributed by atoms with Gasteiger partial charge in [-0.2, -0.15) is 0 Å². The van der Waals surface area contributed by atoms with Crippen molar-refractivity contribution in [2.75, 3.05) is 4.90 Å². The number of hydrogen-bond acceptors (Lipinski definition) is 2. The first-order chi connectivity index (χ1) is 34.2. The zero-order valence-corrected chi connectivity index (χ0v) is 26.4. The molecule has 0 saturated heterocycles. The van der Waals surface area contributed by atoms with E-state index in [0.29, 0.717) is 21.9 Å². The molecule has 242 valence electrons. The van der Waals surface area contributed by atoms with E-state index >= 15 is 0 Å². The average Bonchev–Trinajstić information content (AvgIpc) is 3.92. The first kappa shape index (κ1) is 14.8. The van der Waals surface area contributed by atoms with Crippen molar-refractivity contribution in [1.29, 1.82) is 0 Å². The average molecular weight is 676 g/mol. The van der Waals surface area contributed by atoms with Crippen LogP contribution in [0.25, 0.3) is 66.1 Å². The lowest BCUT2D eigenvalue weighted by molar-refractivity contribution is 0.660. The molecule has 0 fully saturated rings. The SMILES string of the molecule is [2H]c1c([2H])c([2H])c(-c2c([2H])c([2H])c(N(c3c([2H])c([2H])c4c(c3[2H])C(C([2H])([2H])[2H])(C([2H])([2H])[2H])c3c([2H])c([2H])c([2H])c([2H])c3-4)c3cccc4oc5c6ccccc6c(-c6ccccc6)cc5c34)c([2H])c2[2H])c([2H])c1[2H]. The fourth-order valence-electron chi connectivity index (χ4n) is 6.83. The lowest BCUT2D eigenvalue weighted by atomic mass is 9.82. The topological polar surface area (TPSA) is 16.4 Å². The molecule has 2 nitrogen and oxygen atoms in total. The van der Waals surface area contributed by atoms with Crippen LogP contribution in [0.4, 0.5) is 17.1 Å². The van der Waals surface area contributed by atoms with Gasteiger partial charge in [0.2, 0.25) is 0 Å². The molecule has 2 heteroatoms. The monoisotopic (exact) mass is 675 g/mol. The Bertz CT molecular complexity index is 3840. The molecule has 1 aromatic heterocycles. The quantitative estimate of drug-likeness (QED) is 0.180. The van der Waals surface area contributed by atoms with Crippen LogP contribution in [0.2, 0.25) is 0 Å². The van der Waals surface area contributed by atoms with Gasteiger partial charge in [-0.3, -0.25) is 0 Å². The maximum Gasteiger partial charge on any atom is 0.143 e. The molecule has 0 amide bonds. The minimum atomic E-state index is -3.80. The molecule has 0 N–H and O–H groups in total. The Morgan fingerprint density at radius 1 is 0.549 bits per heavy atom. The van der Waals surface area contributed by atoms with Crippen molar-refractivity contribution in [3.05, 3.63) is 187 Å².